The van der Waals surface area contributed by atoms with Crippen LogP contribution in [0.5, 0.6) is 0 Å². The Balaban J connectivity index is 0.00000841. The molecule has 0 heterocycles. The predicted molar refractivity (Wildman–Crippen MR) is 107 cm³/mol. The van der Waals surface area contributed by atoms with E-state index in [4.69, 9.17) is 4.74 Å². The fourth-order valence-electron chi connectivity index (χ4n) is 2.52. The van der Waals surface area contributed by atoms with Crippen molar-refractivity contribution in [3.8, 4) is 0 Å². The molecule has 0 spiro atoms. The summed E-state index contributed by atoms with van der Waals surface area (Å²) < 4.78 is 5.07. The van der Waals surface area contributed by atoms with E-state index in [9.17, 15) is 24.0 Å². The number of carbonyl (C=O) groups excluding carboxylic acids is 5. The van der Waals surface area contributed by atoms with Gasteiger partial charge in [0.2, 0.25) is 5.91 Å². The molecule has 0 atom stereocenters. The first-order chi connectivity index (χ1) is 13.9. The quantitative estimate of drug-likeness (QED) is 0.196. The van der Waals surface area contributed by atoms with Gasteiger partial charge in [0.05, 0.1) is 18.9 Å². The van der Waals surface area contributed by atoms with E-state index in [1.807, 2.05) is 0 Å². The minimum absolute atomic E-state index is 0. The van der Waals surface area contributed by atoms with Crippen LogP contribution in [0.1, 0.15) is 44.6 Å². The van der Waals surface area contributed by atoms with E-state index < -0.39 is 5.91 Å². The van der Waals surface area contributed by atoms with Gasteiger partial charge in [-0.25, -0.2) is 0 Å². The molecule has 0 saturated carbocycles. The van der Waals surface area contributed by atoms with Crippen LogP contribution in [0.3, 0.4) is 0 Å². The van der Waals surface area contributed by atoms with Gasteiger partial charge < -0.3 is 25.0 Å². The van der Waals surface area contributed by atoms with Gasteiger partial charge in [-0.15, -0.1) is 5.69 Å². The average molecular weight is 489 g/mol. The van der Waals surface area contributed by atoms with E-state index in [0.717, 1.165) is 25.5 Å². The summed E-state index contributed by atoms with van der Waals surface area (Å²) in [4.78, 5) is 56.3. The van der Waals surface area contributed by atoms with Crippen molar-refractivity contribution >= 4 is 35.4 Å². The summed E-state index contributed by atoms with van der Waals surface area (Å²) in [5.41, 5.74) is 1.05. The molecule has 0 bridgehead atoms. The van der Waals surface area contributed by atoms with Crippen molar-refractivity contribution in [1.29, 1.82) is 0 Å². The van der Waals surface area contributed by atoms with E-state index in [2.05, 4.69) is 10.6 Å². The van der Waals surface area contributed by atoms with Gasteiger partial charge in [0.25, 0.3) is 0 Å². The molecule has 0 aliphatic rings. The number of rotatable bonds is 15. The number of ether oxygens (including phenoxy) is 1. The van der Waals surface area contributed by atoms with Crippen LogP contribution in [-0.2, 0) is 35.1 Å². The summed E-state index contributed by atoms with van der Waals surface area (Å²) in [6, 6.07) is 6.62. The molecule has 0 aliphatic heterocycles. The summed E-state index contributed by atoms with van der Waals surface area (Å²) in [7, 11) is 0. The summed E-state index contributed by atoms with van der Waals surface area (Å²) in [5, 5.41) is 6.56. The van der Waals surface area contributed by atoms with Crippen LogP contribution < -0.4 is 63.5 Å². The molecular formula is C21H27N2O6Rb. The van der Waals surface area contributed by atoms with E-state index in [1.54, 1.807) is 24.3 Å². The fraction of sp³-hybridized carbons (Fsp3) is 0.476. The molecule has 30 heavy (non-hydrogen) atoms. The number of carbonyl (C=O) groups is 5. The number of Topliss-reactive ketones (excluding diaryl/α,β-unsaturated/α-hetero) is 2. The molecule has 0 saturated heterocycles. The SMILES string of the molecule is CC(=O)CC(=O)Cc1cccc([N-]C(=O)COCC(=O)NCCCCCC=O)c1.[Rb+]. The molecular weight excluding hydrogens is 462 g/mol. The number of aldehydes is 1. The van der Waals surface area contributed by atoms with Gasteiger partial charge in [-0.05, 0) is 25.3 Å². The van der Waals surface area contributed by atoms with Crippen molar-refractivity contribution < 1.29 is 86.9 Å². The number of ketones is 2. The molecule has 0 radical (unpaired) electrons. The Bertz CT molecular complexity index is 723. The van der Waals surface area contributed by atoms with Crippen LogP contribution >= 0.6 is 0 Å². The largest absolute Gasteiger partial charge is 1.00 e. The van der Waals surface area contributed by atoms with Crippen LogP contribution in [0.2, 0.25) is 0 Å². The molecule has 1 aromatic carbocycles. The molecule has 0 fully saturated rings. The Labute approximate surface area is 225 Å². The average Bonchev–Trinajstić information content (AvgIpc) is 2.64. The van der Waals surface area contributed by atoms with E-state index in [1.165, 1.54) is 6.92 Å². The van der Waals surface area contributed by atoms with Crippen LogP contribution in [0.15, 0.2) is 24.3 Å². The summed E-state index contributed by atoms with van der Waals surface area (Å²) >= 11 is 0. The van der Waals surface area contributed by atoms with Crippen molar-refractivity contribution in [2.45, 2.75) is 45.4 Å². The number of benzene rings is 1. The Morgan fingerprint density at radius 1 is 1.10 bits per heavy atom. The second-order valence-electron chi connectivity index (χ2n) is 6.63. The van der Waals surface area contributed by atoms with Gasteiger partial charge in [-0.1, -0.05) is 30.7 Å². The molecule has 1 rings (SSSR count). The third kappa shape index (κ3) is 14.8. The summed E-state index contributed by atoms with van der Waals surface area (Å²) in [6.45, 7) is 1.28. The zero-order valence-corrected chi connectivity index (χ0v) is 22.6. The fourth-order valence-corrected chi connectivity index (χ4v) is 2.52. The van der Waals surface area contributed by atoms with Crippen molar-refractivity contribution in [3.63, 3.8) is 0 Å². The third-order valence-corrected chi connectivity index (χ3v) is 3.79. The first kappa shape index (κ1) is 28.9. The molecule has 2 amide bonds. The maximum Gasteiger partial charge on any atom is 1.00 e. The van der Waals surface area contributed by atoms with E-state index in [0.29, 0.717) is 24.2 Å². The molecule has 9 heteroatoms. The molecule has 1 aromatic rings. The number of hydrogen-bond acceptors (Lipinski definition) is 6. The van der Waals surface area contributed by atoms with Crippen molar-refractivity contribution in [2.24, 2.45) is 0 Å². The van der Waals surface area contributed by atoms with Gasteiger partial charge in [0.15, 0.2) is 0 Å². The van der Waals surface area contributed by atoms with E-state index in [-0.39, 0.29) is 102 Å². The van der Waals surface area contributed by atoms with Crippen LogP contribution in [0.4, 0.5) is 5.69 Å². The van der Waals surface area contributed by atoms with Gasteiger partial charge in [0.1, 0.15) is 24.5 Å². The minimum atomic E-state index is -0.543. The molecule has 1 N–H and O–H groups in total. The number of nitrogens with one attached hydrogen (secondary N) is 1. The second-order valence-corrected chi connectivity index (χ2v) is 6.63. The number of unbranched alkanes of at least 4 members (excludes halogenated alkanes) is 3. The topological polar surface area (TPSA) is 121 Å². The van der Waals surface area contributed by atoms with E-state index >= 15 is 0 Å². The Hall–Kier alpha value is -1.06. The van der Waals surface area contributed by atoms with Crippen LogP contribution in [0, 0.1) is 0 Å². The number of amides is 2. The zero-order valence-electron chi connectivity index (χ0n) is 17.6. The predicted octanol–water partition coefficient (Wildman–Crippen LogP) is -0.795. The third-order valence-electron chi connectivity index (χ3n) is 3.79. The second kappa shape index (κ2) is 17.6. The van der Waals surface area contributed by atoms with Gasteiger partial charge >= 0.3 is 58.2 Å². The Morgan fingerprint density at radius 2 is 1.87 bits per heavy atom. The van der Waals surface area contributed by atoms with Crippen LogP contribution in [0.25, 0.3) is 5.32 Å². The van der Waals surface area contributed by atoms with Gasteiger partial charge in [0, 0.05) is 19.4 Å². The number of hydrogen-bond donors (Lipinski definition) is 1. The van der Waals surface area contributed by atoms with Crippen molar-refractivity contribution in [2.75, 3.05) is 19.8 Å². The molecule has 0 unspecified atom stereocenters. The Kier molecular flexibility index (Phi) is 17.0. The first-order valence-corrected chi connectivity index (χ1v) is 9.53. The molecule has 0 aliphatic carbocycles. The monoisotopic (exact) mass is 488 g/mol. The van der Waals surface area contributed by atoms with Crippen LogP contribution in [-0.4, -0.2) is 49.4 Å². The normalized spacial score (nSPS) is 9.90. The summed E-state index contributed by atoms with van der Waals surface area (Å²) in [5.74, 6) is -1.25. The first-order valence-electron chi connectivity index (χ1n) is 9.53. The summed E-state index contributed by atoms with van der Waals surface area (Å²) in [6.07, 6.45) is 3.82. The van der Waals surface area contributed by atoms with Crippen molar-refractivity contribution in [3.05, 3.63) is 35.1 Å². The van der Waals surface area contributed by atoms with Gasteiger partial charge in [-0.2, -0.15) is 0 Å². The zero-order chi connectivity index (χ0) is 21.5. The Morgan fingerprint density at radius 3 is 2.57 bits per heavy atom. The maximum atomic E-state index is 11.9. The maximum absolute atomic E-state index is 11.9. The molecule has 158 valence electrons. The molecule has 8 nitrogen and oxygen atoms in total. The molecule has 0 aromatic heterocycles. The van der Waals surface area contributed by atoms with Gasteiger partial charge in [-0.3, -0.25) is 14.4 Å². The minimum Gasteiger partial charge on any atom is -0.625 e. The number of nitrogens with zero attached hydrogens (tertiary/aromatic N) is 1. The van der Waals surface area contributed by atoms with Crippen molar-refractivity contribution in [1.82, 2.24) is 5.32 Å². The standard InChI is InChI=1S/C21H28N2O6.Rb/c1-16(25)11-19(26)13-17-7-6-8-18(12-17)23-21(28)15-29-14-20(27)22-9-4-2-3-5-10-24;/h6-8,10,12H,2-5,9,11,13-15H2,1H3,(H2,22,23,27,28);/q;+1/p-1. The smallest absolute Gasteiger partial charge is 0.625 e.